The molecule has 1 amide bonds. The standard InChI is InChI=1S/C25H26N2O4/c1-26(2)15-20-14-19-12-13-27(16-23(19)31-20)25(29)18-10-8-17(9-11-18)24(28)21-6-4-5-7-22(21)30-3/h4-11,14H,12-13,15-16H2,1-3H3. The van der Waals surface area contributed by atoms with Gasteiger partial charge in [0.15, 0.2) is 5.78 Å². The number of ether oxygens (including phenoxy) is 1. The van der Waals surface area contributed by atoms with Crippen LogP contribution < -0.4 is 4.74 Å². The largest absolute Gasteiger partial charge is 0.496 e. The number of furan rings is 1. The Morgan fingerprint density at radius 2 is 1.77 bits per heavy atom. The molecule has 1 aromatic heterocycles. The van der Waals surface area contributed by atoms with Gasteiger partial charge in [0.2, 0.25) is 0 Å². The topological polar surface area (TPSA) is 63.0 Å². The van der Waals surface area contributed by atoms with Crippen LogP contribution in [0.25, 0.3) is 0 Å². The van der Waals surface area contributed by atoms with Gasteiger partial charge in [0.05, 0.1) is 25.8 Å². The Hall–Kier alpha value is -3.38. The van der Waals surface area contributed by atoms with E-state index in [0.29, 0.717) is 35.5 Å². The van der Waals surface area contributed by atoms with E-state index in [1.165, 1.54) is 5.56 Å². The van der Waals surface area contributed by atoms with Gasteiger partial charge in [-0.15, -0.1) is 0 Å². The number of ketones is 1. The number of amides is 1. The van der Waals surface area contributed by atoms with Crippen LogP contribution in [0.2, 0.25) is 0 Å². The summed E-state index contributed by atoms with van der Waals surface area (Å²) in [5.74, 6) is 2.11. The van der Waals surface area contributed by atoms with Crippen LogP contribution in [-0.2, 0) is 19.5 Å². The van der Waals surface area contributed by atoms with E-state index < -0.39 is 0 Å². The van der Waals surface area contributed by atoms with Crippen LogP contribution in [0, 0.1) is 0 Å². The molecule has 0 spiro atoms. The highest BCUT2D eigenvalue weighted by molar-refractivity contribution is 6.11. The van der Waals surface area contributed by atoms with E-state index in [2.05, 4.69) is 11.0 Å². The fourth-order valence-corrected chi connectivity index (χ4v) is 3.88. The van der Waals surface area contributed by atoms with Crippen molar-refractivity contribution in [1.29, 1.82) is 0 Å². The van der Waals surface area contributed by atoms with E-state index in [1.54, 1.807) is 54.5 Å². The number of benzene rings is 2. The minimum atomic E-state index is -0.136. The third kappa shape index (κ3) is 4.39. The Balaban J connectivity index is 1.47. The van der Waals surface area contributed by atoms with Gasteiger partial charge in [-0.1, -0.05) is 24.3 Å². The molecule has 160 valence electrons. The van der Waals surface area contributed by atoms with Crippen molar-refractivity contribution in [3.8, 4) is 5.75 Å². The van der Waals surface area contributed by atoms with Crippen molar-refractivity contribution in [2.45, 2.75) is 19.5 Å². The average molecular weight is 418 g/mol. The van der Waals surface area contributed by atoms with Gasteiger partial charge in [-0.25, -0.2) is 0 Å². The van der Waals surface area contributed by atoms with Crippen LogP contribution >= 0.6 is 0 Å². The summed E-state index contributed by atoms with van der Waals surface area (Å²) in [6.07, 6.45) is 0.780. The maximum absolute atomic E-state index is 13.0. The molecule has 1 aliphatic heterocycles. The number of fused-ring (bicyclic) bond motifs is 1. The molecule has 3 aromatic rings. The van der Waals surface area contributed by atoms with Gasteiger partial charge in [-0.2, -0.15) is 0 Å². The summed E-state index contributed by atoms with van der Waals surface area (Å²) in [7, 11) is 5.54. The number of para-hydroxylation sites is 1. The molecule has 0 saturated carbocycles. The van der Waals surface area contributed by atoms with Crippen molar-refractivity contribution in [2.24, 2.45) is 0 Å². The molecule has 0 aliphatic carbocycles. The van der Waals surface area contributed by atoms with Gasteiger partial charge in [0, 0.05) is 17.7 Å². The fourth-order valence-electron chi connectivity index (χ4n) is 3.88. The maximum atomic E-state index is 13.0. The number of methoxy groups -OCH3 is 1. The quantitative estimate of drug-likeness (QED) is 0.570. The monoisotopic (exact) mass is 418 g/mol. The minimum absolute atomic E-state index is 0.0625. The van der Waals surface area contributed by atoms with Gasteiger partial charge >= 0.3 is 0 Å². The molecule has 0 fully saturated rings. The zero-order valence-corrected chi connectivity index (χ0v) is 18.1. The lowest BCUT2D eigenvalue weighted by Gasteiger charge is -2.26. The molecule has 2 aromatic carbocycles. The van der Waals surface area contributed by atoms with Crippen molar-refractivity contribution >= 4 is 11.7 Å². The first-order chi connectivity index (χ1) is 15.0. The van der Waals surface area contributed by atoms with Gasteiger partial charge in [0.1, 0.15) is 17.3 Å². The van der Waals surface area contributed by atoms with Gasteiger partial charge in [-0.05, 0) is 56.4 Å². The van der Waals surface area contributed by atoms with E-state index in [1.807, 2.05) is 20.2 Å². The molecular formula is C25H26N2O4. The van der Waals surface area contributed by atoms with Crippen LogP contribution in [0.15, 0.2) is 59.0 Å². The molecule has 31 heavy (non-hydrogen) atoms. The predicted octanol–water partition coefficient (Wildman–Crippen LogP) is 3.78. The Bertz CT molecular complexity index is 1100. The molecule has 0 bridgehead atoms. The molecule has 6 nitrogen and oxygen atoms in total. The number of carbonyl (C=O) groups is 2. The van der Waals surface area contributed by atoms with Crippen LogP contribution in [-0.4, -0.2) is 49.2 Å². The molecule has 0 unspecified atom stereocenters. The molecule has 0 N–H and O–H groups in total. The normalized spacial score (nSPS) is 13.2. The lowest BCUT2D eigenvalue weighted by Crippen LogP contribution is -2.35. The van der Waals surface area contributed by atoms with E-state index in [4.69, 9.17) is 9.15 Å². The summed E-state index contributed by atoms with van der Waals surface area (Å²) >= 11 is 0. The highest BCUT2D eigenvalue weighted by atomic mass is 16.5. The highest BCUT2D eigenvalue weighted by Crippen LogP contribution is 2.25. The Morgan fingerprint density at radius 3 is 2.48 bits per heavy atom. The summed E-state index contributed by atoms with van der Waals surface area (Å²) in [5, 5.41) is 0. The molecule has 4 rings (SSSR count). The van der Waals surface area contributed by atoms with Crippen molar-refractivity contribution < 1.29 is 18.7 Å². The first kappa shape index (κ1) is 20.9. The molecule has 0 saturated heterocycles. The summed E-state index contributed by atoms with van der Waals surface area (Å²) < 4.78 is 11.3. The second-order valence-corrected chi connectivity index (χ2v) is 7.98. The predicted molar refractivity (Wildman–Crippen MR) is 117 cm³/mol. The Labute approximate surface area is 182 Å². The number of hydrogen-bond donors (Lipinski definition) is 0. The third-order valence-electron chi connectivity index (χ3n) is 5.44. The van der Waals surface area contributed by atoms with Crippen molar-refractivity contribution in [3.05, 3.63) is 88.4 Å². The molecule has 0 radical (unpaired) electrons. The van der Waals surface area contributed by atoms with Crippen molar-refractivity contribution in [2.75, 3.05) is 27.7 Å². The van der Waals surface area contributed by atoms with Gasteiger partial charge in [0.25, 0.3) is 5.91 Å². The number of nitrogens with zero attached hydrogens (tertiary/aromatic N) is 2. The van der Waals surface area contributed by atoms with E-state index in [0.717, 1.165) is 24.5 Å². The van der Waals surface area contributed by atoms with E-state index in [9.17, 15) is 9.59 Å². The Morgan fingerprint density at radius 1 is 1.06 bits per heavy atom. The second kappa shape index (κ2) is 8.78. The maximum Gasteiger partial charge on any atom is 0.254 e. The Kier molecular flexibility index (Phi) is 5.91. The van der Waals surface area contributed by atoms with Crippen molar-refractivity contribution in [1.82, 2.24) is 9.80 Å². The number of hydrogen-bond acceptors (Lipinski definition) is 5. The molecular weight excluding hydrogens is 392 g/mol. The van der Waals surface area contributed by atoms with E-state index >= 15 is 0 Å². The average Bonchev–Trinajstić information content (AvgIpc) is 3.18. The zero-order chi connectivity index (χ0) is 22.0. The minimum Gasteiger partial charge on any atom is -0.496 e. The number of carbonyl (C=O) groups excluding carboxylic acids is 2. The van der Waals surface area contributed by atoms with E-state index in [-0.39, 0.29) is 11.7 Å². The number of rotatable bonds is 6. The van der Waals surface area contributed by atoms with Crippen LogP contribution in [0.1, 0.15) is 43.4 Å². The fraction of sp³-hybridized carbons (Fsp3) is 0.280. The SMILES string of the molecule is COc1ccccc1C(=O)c1ccc(C(=O)N2CCc3cc(CN(C)C)oc3C2)cc1. The molecule has 0 atom stereocenters. The van der Waals surface area contributed by atoms with Crippen LogP contribution in [0.4, 0.5) is 0 Å². The first-order valence-corrected chi connectivity index (χ1v) is 10.3. The summed E-state index contributed by atoms with van der Waals surface area (Å²) in [4.78, 5) is 29.7. The molecule has 6 heteroatoms. The zero-order valence-electron chi connectivity index (χ0n) is 18.1. The van der Waals surface area contributed by atoms with Crippen molar-refractivity contribution in [3.63, 3.8) is 0 Å². The first-order valence-electron chi connectivity index (χ1n) is 10.3. The summed E-state index contributed by atoms with van der Waals surface area (Å²) in [6.45, 7) is 1.85. The van der Waals surface area contributed by atoms with Crippen LogP contribution in [0.5, 0.6) is 5.75 Å². The lowest BCUT2D eigenvalue weighted by molar-refractivity contribution is 0.0718. The second-order valence-electron chi connectivity index (χ2n) is 7.98. The van der Waals surface area contributed by atoms with Crippen LogP contribution in [0.3, 0.4) is 0 Å². The smallest absolute Gasteiger partial charge is 0.254 e. The lowest BCUT2D eigenvalue weighted by atomic mass is 10.0. The molecule has 1 aliphatic rings. The summed E-state index contributed by atoms with van der Waals surface area (Å²) in [6, 6.07) is 16.0. The highest BCUT2D eigenvalue weighted by Gasteiger charge is 2.25. The van der Waals surface area contributed by atoms with Gasteiger partial charge < -0.3 is 19.0 Å². The van der Waals surface area contributed by atoms with Gasteiger partial charge in [-0.3, -0.25) is 9.59 Å². The molecule has 2 heterocycles. The third-order valence-corrected chi connectivity index (χ3v) is 5.44. The summed E-state index contributed by atoms with van der Waals surface area (Å²) in [5.41, 5.74) is 2.75.